The van der Waals surface area contributed by atoms with Gasteiger partial charge in [0.25, 0.3) is 0 Å². The molecular weight excluding hydrogens is 528 g/mol. The van der Waals surface area contributed by atoms with Gasteiger partial charge in [0.2, 0.25) is 0 Å². The van der Waals surface area contributed by atoms with E-state index in [2.05, 4.69) is 172 Å². The summed E-state index contributed by atoms with van der Waals surface area (Å²) < 4.78 is 0. The van der Waals surface area contributed by atoms with Crippen molar-refractivity contribution in [3.63, 3.8) is 0 Å². The molecule has 0 heterocycles. The molecule has 0 saturated heterocycles. The van der Waals surface area contributed by atoms with Gasteiger partial charge in [0, 0.05) is 0 Å². The van der Waals surface area contributed by atoms with Crippen LogP contribution in [-0.2, 0) is 5.41 Å². The molecule has 8 aromatic rings. The molecule has 8 rings (SSSR count). The van der Waals surface area contributed by atoms with E-state index >= 15 is 0 Å². The molecule has 0 nitrogen and oxygen atoms in total. The van der Waals surface area contributed by atoms with Crippen LogP contribution in [0.4, 0.5) is 0 Å². The zero-order chi connectivity index (χ0) is 29.8. The number of hydrogen-bond acceptors (Lipinski definition) is 0. The highest BCUT2D eigenvalue weighted by Gasteiger charge is 2.18. The number of benzene rings is 8. The normalized spacial score (nSPS) is 12.0. The summed E-state index contributed by atoms with van der Waals surface area (Å²) >= 11 is 0. The van der Waals surface area contributed by atoms with Crippen LogP contribution >= 0.6 is 0 Å². The third kappa shape index (κ3) is 4.55. The number of rotatable bonds is 4. The second-order valence-corrected chi connectivity index (χ2v) is 13.0. The van der Waals surface area contributed by atoms with Crippen LogP contribution in [0.25, 0.3) is 76.8 Å². The van der Waals surface area contributed by atoms with E-state index in [0.29, 0.717) is 0 Å². The molecule has 0 aliphatic rings. The molecule has 0 heteroatoms. The fraction of sp³-hybridized carbons (Fsp3) is 0.0909. The van der Waals surface area contributed by atoms with Crippen molar-refractivity contribution in [1.82, 2.24) is 0 Å². The highest BCUT2D eigenvalue weighted by Crippen LogP contribution is 2.41. The van der Waals surface area contributed by atoms with Gasteiger partial charge in [-0.3, -0.25) is 0 Å². The average molecular weight is 563 g/mol. The lowest BCUT2D eigenvalue weighted by molar-refractivity contribution is 0.591. The Morgan fingerprint density at radius 2 is 0.795 bits per heavy atom. The highest BCUT2D eigenvalue weighted by atomic mass is 14.2. The van der Waals surface area contributed by atoms with Gasteiger partial charge in [-0.1, -0.05) is 154 Å². The van der Waals surface area contributed by atoms with Crippen molar-refractivity contribution in [2.75, 3.05) is 0 Å². The van der Waals surface area contributed by atoms with Gasteiger partial charge in [0.05, 0.1) is 0 Å². The first-order valence-electron chi connectivity index (χ1n) is 15.5. The first kappa shape index (κ1) is 26.4. The van der Waals surface area contributed by atoms with Gasteiger partial charge in [-0.05, 0) is 106 Å². The van der Waals surface area contributed by atoms with Gasteiger partial charge < -0.3 is 0 Å². The Hall–Kier alpha value is -5.20. The Bertz CT molecular complexity index is 2190. The molecule has 0 saturated carbocycles. The zero-order valence-electron chi connectivity index (χ0n) is 25.4. The van der Waals surface area contributed by atoms with Crippen molar-refractivity contribution in [2.24, 2.45) is 0 Å². The molecule has 0 spiro atoms. The lowest BCUT2D eigenvalue weighted by atomic mass is 9.82. The maximum absolute atomic E-state index is 2.38. The molecule has 210 valence electrons. The molecule has 0 aliphatic carbocycles. The molecule has 8 aromatic carbocycles. The largest absolute Gasteiger partial charge is 0.0622 e. The van der Waals surface area contributed by atoms with Gasteiger partial charge in [-0.2, -0.15) is 0 Å². The molecule has 0 unspecified atom stereocenters. The predicted molar refractivity (Wildman–Crippen MR) is 191 cm³/mol. The van der Waals surface area contributed by atoms with E-state index in [-0.39, 0.29) is 5.41 Å². The SMILES string of the molecule is CC(C)(C)c1cc2ccc3ccc(-c4ccc(-c5cc(-c6ccccc6)cc(-c6ccccc6)c5)cc4)c4ccc(c1)c2c34. The van der Waals surface area contributed by atoms with Crippen LogP contribution in [-0.4, -0.2) is 0 Å². The van der Waals surface area contributed by atoms with Crippen LogP contribution < -0.4 is 0 Å². The van der Waals surface area contributed by atoms with Crippen LogP contribution in [0.2, 0.25) is 0 Å². The standard InChI is InChI=1S/C44H34/c1-44(2,3)39-27-34-19-18-33-20-22-40(41-23-21-35(28-39)42(34)43(33)41)32-16-14-31(15-17-32)38-25-36(29-10-6-4-7-11-29)24-37(26-38)30-12-8-5-9-13-30/h4-28H,1-3H3. The van der Waals surface area contributed by atoms with Crippen molar-refractivity contribution < 1.29 is 0 Å². The topological polar surface area (TPSA) is 0 Å². The smallest absolute Gasteiger partial charge is 0.00206 e. The average Bonchev–Trinajstić information content (AvgIpc) is 3.07. The maximum atomic E-state index is 2.38. The van der Waals surface area contributed by atoms with E-state index in [1.165, 1.54) is 82.4 Å². The van der Waals surface area contributed by atoms with Crippen LogP contribution in [0.1, 0.15) is 26.3 Å². The fourth-order valence-electron chi connectivity index (χ4n) is 6.74. The Labute approximate surface area is 259 Å². The monoisotopic (exact) mass is 562 g/mol. The third-order valence-corrected chi connectivity index (χ3v) is 9.14. The third-order valence-electron chi connectivity index (χ3n) is 9.14. The van der Waals surface area contributed by atoms with Gasteiger partial charge >= 0.3 is 0 Å². The van der Waals surface area contributed by atoms with Gasteiger partial charge in [0.1, 0.15) is 0 Å². The lowest BCUT2D eigenvalue weighted by Gasteiger charge is -2.22. The lowest BCUT2D eigenvalue weighted by Crippen LogP contribution is -2.10. The molecule has 0 radical (unpaired) electrons. The molecule has 44 heavy (non-hydrogen) atoms. The summed E-state index contributed by atoms with van der Waals surface area (Å²) in [6.07, 6.45) is 0. The molecule has 0 bridgehead atoms. The summed E-state index contributed by atoms with van der Waals surface area (Å²) in [5.41, 5.74) is 11.4. The summed E-state index contributed by atoms with van der Waals surface area (Å²) in [6.45, 7) is 6.88. The Morgan fingerprint density at radius 3 is 1.34 bits per heavy atom. The summed E-state index contributed by atoms with van der Waals surface area (Å²) in [4.78, 5) is 0. The summed E-state index contributed by atoms with van der Waals surface area (Å²) in [7, 11) is 0. The van der Waals surface area contributed by atoms with Crippen LogP contribution in [0.3, 0.4) is 0 Å². The van der Waals surface area contributed by atoms with Crippen LogP contribution in [0.5, 0.6) is 0 Å². The molecule has 0 atom stereocenters. The van der Waals surface area contributed by atoms with Crippen molar-refractivity contribution in [1.29, 1.82) is 0 Å². The van der Waals surface area contributed by atoms with Crippen LogP contribution in [0.15, 0.2) is 152 Å². The molecule has 0 amide bonds. The van der Waals surface area contributed by atoms with Crippen molar-refractivity contribution >= 4 is 32.3 Å². The molecule has 0 fully saturated rings. The summed E-state index contributed by atoms with van der Waals surface area (Å²) in [5, 5.41) is 8.00. The minimum absolute atomic E-state index is 0.111. The zero-order valence-corrected chi connectivity index (χ0v) is 25.4. The fourth-order valence-corrected chi connectivity index (χ4v) is 6.74. The molecular formula is C44H34. The van der Waals surface area contributed by atoms with Crippen LogP contribution in [0, 0.1) is 0 Å². The van der Waals surface area contributed by atoms with Gasteiger partial charge in [0.15, 0.2) is 0 Å². The van der Waals surface area contributed by atoms with Gasteiger partial charge in [-0.25, -0.2) is 0 Å². The quantitative estimate of drug-likeness (QED) is 0.187. The van der Waals surface area contributed by atoms with E-state index < -0.39 is 0 Å². The predicted octanol–water partition coefficient (Wildman–Crippen LogP) is 12.5. The minimum atomic E-state index is 0.111. The van der Waals surface area contributed by atoms with E-state index in [9.17, 15) is 0 Å². The van der Waals surface area contributed by atoms with Crippen molar-refractivity contribution in [3.05, 3.63) is 157 Å². The Morgan fingerprint density at radius 1 is 0.341 bits per heavy atom. The van der Waals surface area contributed by atoms with Gasteiger partial charge in [-0.15, -0.1) is 0 Å². The molecule has 0 aromatic heterocycles. The second-order valence-electron chi connectivity index (χ2n) is 13.0. The minimum Gasteiger partial charge on any atom is -0.0622 e. The first-order valence-corrected chi connectivity index (χ1v) is 15.5. The summed E-state index contributed by atoms with van der Waals surface area (Å²) in [5.74, 6) is 0. The van der Waals surface area contributed by atoms with E-state index in [1.54, 1.807) is 0 Å². The van der Waals surface area contributed by atoms with Crippen molar-refractivity contribution in [3.8, 4) is 44.5 Å². The molecule has 0 N–H and O–H groups in total. The first-order chi connectivity index (χ1) is 21.4. The maximum Gasteiger partial charge on any atom is -0.00206 e. The molecule has 0 aliphatic heterocycles. The van der Waals surface area contributed by atoms with E-state index in [0.717, 1.165) is 0 Å². The van der Waals surface area contributed by atoms with E-state index in [4.69, 9.17) is 0 Å². The highest BCUT2D eigenvalue weighted by molar-refractivity contribution is 6.25. The van der Waals surface area contributed by atoms with E-state index in [1.807, 2.05) is 0 Å². The Kier molecular flexibility index (Phi) is 6.13. The Balaban J connectivity index is 1.24. The second kappa shape index (κ2) is 10.2. The van der Waals surface area contributed by atoms with Crippen molar-refractivity contribution in [2.45, 2.75) is 26.2 Å². The number of hydrogen-bond donors (Lipinski definition) is 0. The summed E-state index contributed by atoms with van der Waals surface area (Å²) in [6, 6.07) is 56.0.